The predicted octanol–water partition coefficient (Wildman–Crippen LogP) is 4.15. The third kappa shape index (κ3) is 3.66. The van der Waals surface area contributed by atoms with E-state index in [1.807, 2.05) is 23.1 Å². The first-order valence-corrected chi connectivity index (χ1v) is 8.72. The summed E-state index contributed by atoms with van der Waals surface area (Å²) in [6.07, 6.45) is 1.13. The number of thiophene rings is 1. The number of thioether (sulfide) groups is 1. The number of rotatable bonds is 7. The van der Waals surface area contributed by atoms with Crippen molar-refractivity contribution in [2.24, 2.45) is 0 Å². The fraction of sp³-hybridized carbons (Fsp3) is 0.250. The minimum atomic E-state index is 1.05. The second-order valence-corrected chi connectivity index (χ2v) is 6.82. The fourth-order valence-electron chi connectivity index (χ4n) is 2.15. The van der Waals surface area contributed by atoms with E-state index in [0.29, 0.717) is 0 Å². The Morgan fingerprint density at radius 3 is 2.90 bits per heavy atom. The molecule has 2 heterocycles. The van der Waals surface area contributed by atoms with Crippen molar-refractivity contribution < 1.29 is 0 Å². The summed E-state index contributed by atoms with van der Waals surface area (Å²) in [5.41, 5.74) is 1.22. The van der Waals surface area contributed by atoms with Gasteiger partial charge in [-0.05, 0) is 36.5 Å². The molecular formula is C16H18N2S2. The van der Waals surface area contributed by atoms with Gasteiger partial charge in [-0.25, -0.2) is 0 Å². The van der Waals surface area contributed by atoms with Crippen LogP contribution in [0.2, 0.25) is 0 Å². The van der Waals surface area contributed by atoms with Gasteiger partial charge in [-0.15, -0.1) is 23.1 Å². The zero-order valence-electron chi connectivity index (χ0n) is 11.3. The number of nitrogens with one attached hydrogen (secondary N) is 2. The Morgan fingerprint density at radius 1 is 1.10 bits per heavy atom. The SMILES string of the molecule is c1csc(CCNCCSc2cc3ccccc3[nH]2)c1. The van der Waals surface area contributed by atoms with Crippen LogP contribution < -0.4 is 5.32 Å². The maximum atomic E-state index is 3.50. The number of para-hydroxylation sites is 1. The molecular weight excluding hydrogens is 284 g/mol. The van der Waals surface area contributed by atoms with Gasteiger partial charge in [0.15, 0.2) is 0 Å². The molecule has 0 aliphatic carbocycles. The van der Waals surface area contributed by atoms with Crippen LogP contribution >= 0.6 is 23.1 Å². The van der Waals surface area contributed by atoms with Gasteiger partial charge in [0.25, 0.3) is 0 Å². The molecule has 20 heavy (non-hydrogen) atoms. The molecule has 104 valence electrons. The van der Waals surface area contributed by atoms with Crippen LogP contribution in [0.3, 0.4) is 0 Å². The summed E-state index contributed by atoms with van der Waals surface area (Å²) in [5, 5.41) is 8.19. The monoisotopic (exact) mass is 302 g/mol. The van der Waals surface area contributed by atoms with Gasteiger partial charge in [0.2, 0.25) is 0 Å². The average molecular weight is 302 g/mol. The molecule has 3 rings (SSSR count). The molecule has 2 nitrogen and oxygen atoms in total. The van der Waals surface area contributed by atoms with E-state index in [0.717, 1.165) is 25.3 Å². The van der Waals surface area contributed by atoms with Crippen molar-refractivity contribution in [3.63, 3.8) is 0 Å². The van der Waals surface area contributed by atoms with Crippen molar-refractivity contribution in [1.82, 2.24) is 10.3 Å². The van der Waals surface area contributed by atoms with Crippen LogP contribution in [0.4, 0.5) is 0 Å². The van der Waals surface area contributed by atoms with Crippen LogP contribution in [-0.2, 0) is 6.42 Å². The molecule has 0 aliphatic heterocycles. The largest absolute Gasteiger partial charge is 0.350 e. The summed E-state index contributed by atoms with van der Waals surface area (Å²) in [6, 6.07) is 15.0. The Labute approximate surface area is 127 Å². The van der Waals surface area contributed by atoms with Crippen molar-refractivity contribution in [2.75, 3.05) is 18.8 Å². The molecule has 0 atom stereocenters. The normalized spacial score (nSPS) is 11.2. The smallest absolute Gasteiger partial charge is 0.0732 e. The lowest BCUT2D eigenvalue weighted by Crippen LogP contribution is -2.19. The van der Waals surface area contributed by atoms with Crippen molar-refractivity contribution in [1.29, 1.82) is 0 Å². The lowest BCUT2D eigenvalue weighted by Gasteiger charge is -2.02. The maximum absolute atomic E-state index is 3.50. The van der Waals surface area contributed by atoms with Crippen molar-refractivity contribution >= 4 is 34.0 Å². The van der Waals surface area contributed by atoms with E-state index in [4.69, 9.17) is 0 Å². The van der Waals surface area contributed by atoms with Gasteiger partial charge in [-0.1, -0.05) is 24.3 Å². The molecule has 0 radical (unpaired) electrons. The summed E-state index contributed by atoms with van der Waals surface area (Å²) >= 11 is 3.71. The van der Waals surface area contributed by atoms with Crippen molar-refractivity contribution in [3.05, 3.63) is 52.7 Å². The molecule has 2 aromatic heterocycles. The van der Waals surface area contributed by atoms with Gasteiger partial charge in [-0.2, -0.15) is 0 Å². The van der Waals surface area contributed by atoms with Gasteiger partial charge < -0.3 is 10.3 Å². The van der Waals surface area contributed by atoms with Crippen LogP contribution in [0.5, 0.6) is 0 Å². The van der Waals surface area contributed by atoms with E-state index < -0.39 is 0 Å². The summed E-state index contributed by atoms with van der Waals surface area (Å²) in [5.74, 6) is 1.09. The van der Waals surface area contributed by atoms with E-state index >= 15 is 0 Å². The van der Waals surface area contributed by atoms with Gasteiger partial charge in [-0.3, -0.25) is 0 Å². The number of H-pyrrole nitrogens is 1. The number of aromatic nitrogens is 1. The Hall–Kier alpha value is -1.23. The number of aromatic amines is 1. The standard InChI is InChI=1S/C16H18N2S2/c1-2-6-15-13(4-1)12-16(18-15)20-11-9-17-8-7-14-5-3-10-19-14/h1-6,10,12,17-18H,7-9,11H2. The molecule has 4 heteroatoms. The summed E-state index contributed by atoms with van der Waals surface area (Å²) in [6.45, 7) is 2.11. The molecule has 2 N–H and O–H groups in total. The number of fused-ring (bicyclic) bond motifs is 1. The Kier molecular flexibility index (Phi) is 4.79. The Balaban J connectivity index is 1.37. The highest BCUT2D eigenvalue weighted by atomic mass is 32.2. The molecule has 3 aromatic rings. The molecule has 0 bridgehead atoms. The molecule has 0 spiro atoms. The second-order valence-electron chi connectivity index (χ2n) is 4.65. The predicted molar refractivity (Wildman–Crippen MR) is 89.9 cm³/mol. The van der Waals surface area contributed by atoms with Crippen molar-refractivity contribution in [2.45, 2.75) is 11.4 Å². The maximum Gasteiger partial charge on any atom is 0.0732 e. The van der Waals surface area contributed by atoms with E-state index in [1.54, 1.807) is 0 Å². The van der Waals surface area contributed by atoms with Crippen molar-refractivity contribution in [3.8, 4) is 0 Å². The Morgan fingerprint density at radius 2 is 2.05 bits per heavy atom. The molecule has 0 unspecified atom stereocenters. The zero-order chi connectivity index (χ0) is 13.6. The quantitative estimate of drug-likeness (QED) is 0.507. The third-order valence-electron chi connectivity index (χ3n) is 3.17. The first-order chi connectivity index (χ1) is 9.92. The molecule has 0 amide bonds. The fourth-order valence-corrected chi connectivity index (χ4v) is 3.72. The summed E-state index contributed by atoms with van der Waals surface area (Å²) < 4.78 is 0. The number of benzene rings is 1. The first kappa shape index (κ1) is 13.7. The second kappa shape index (κ2) is 6.97. The first-order valence-electron chi connectivity index (χ1n) is 6.85. The summed E-state index contributed by atoms with van der Waals surface area (Å²) in [7, 11) is 0. The molecule has 0 fully saturated rings. The highest BCUT2D eigenvalue weighted by molar-refractivity contribution is 7.99. The lowest BCUT2D eigenvalue weighted by atomic mass is 10.3. The van der Waals surface area contributed by atoms with Gasteiger partial charge in [0.05, 0.1) is 5.03 Å². The minimum Gasteiger partial charge on any atom is -0.350 e. The van der Waals surface area contributed by atoms with E-state index in [9.17, 15) is 0 Å². The van der Waals surface area contributed by atoms with E-state index in [2.05, 4.69) is 58.1 Å². The molecule has 0 aliphatic rings. The van der Waals surface area contributed by atoms with Crippen LogP contribution in [-0.4, -0.2) is 23.8 Å². The zero-order valence-corrected chi connectivity index (χ0v) is 12.9. The highest BCUT2D eigenvalue weighted by Crippen LogP contribution is 2.22. The van der Waals surface area contributed by atoms with Gasteiger partial charge in [0.1, 0.15) is 0 Å². The Bertz CT molecular complexity index is 610. The average Bonchev–Trinajstić information content (AvgIpc) is 3.11. The van der Waals surface area contributed by atoms with Gasteiger partial charge >= 0.3 is 0 Å². The van der Waals surface area contributed by atoms with E-state index in [1.165, 1.54) is 20.8 Å². The number of hydrogen-bond acceptors (Lipinski definition) is 3. The van der Waals surface area contributed by atoms with E-state index in [-0.39, 0.29) is 0 Å². The minimum absolute atomic E-state index is 1.05. The summed E-state index contributed by atoms with van der Waals surface area (Å²) in [4.78, 5) is 4.90. The molecule has 0 saturated carbocycles. The molecule has 0 saturated heterocycles. The molecule has 1 aromatic carbocycles. The lowest BCUT2D eigenvalue weighted by molar-refractivity contribution is 0.725. The van der Waals surface area contributed by atoms with Crippen LogP contribution in [0.25, 0.3) is 10.9 Å². The van der Waals surface area contributed by atoms with Gasteiger partial charge in [0, 0.05) is 28.1 Å². The number of hydrogen-bond donors (Lipinski definition) is 2. The van der Waals surface area contributed by atoms with Crippen LogP contribution in [0.1, 0.15) is 4.88 Å². The van der Waals surface area contributed by atoms with Crippen LogP contribution in [0, 0.1) is 0 Å². The topological polar surface area (TPSA) is 27.8 Å². The van der Waals surface area contributed by atoms with Crippen LogP contribution in [0.15, 0.2) is 52.9 Å². The third-order valence-corrected chi connectivity index (χ3v) is 5.05. The highest BCUT2D eigenvalue weighted by Gasteiger charge is 2.00.